The van der Waals surface area contributed by atoms with Crippen LogP contribution in [0.1, 0.15) is 5.56 Å². The van der Waals surface area contributed by atoms with Crippen molar-refractivity contribution in [1.82, 2.24) is 4.90 Å². The lowest BCUT2D eigenvalue weighted by atomic mass is 10.1. The van der Waals surface area contributed by atoms with Gasteiger partial charge in [0.2, 0.25) is 0 Å². The molecule has 0 saturated carbocycles. The smallest absolute Gasteiger partial charge is 0.264 e. The van der Waals surface area contributed by atoms with Crippen LogP contribution in [0.15, 0.2) is 23.8 Å². The van der Waals surface area contributed by atoms with Crippen molar-refractivity contribution in [1.29, 1.82) is 5.26 Å². The molecule has 1 saturated heterocycles. The molecule has 1 aliphatic heterocycles. The predicted molar refractivity (Wildman–Crippen MR) is 80.5 cm³/mol. The molecule has 0 unspecified atom stereocenters. The first-order chi connectivity index (χ1) is 10.7. The van der Waals surface area contributed by atoms with E-state index in [0.29, 0.717) is 43.4 Å². The maximum atomic E-state index is 12.3. The lowest BCUT2D eigenvalue weighted by molar-refractivity contribution is -0.130. The van der Waals surface area contributed by atoms with E-state index in [0.717, 1.165) is 0 Å². The number of benzene rings is 1. The first kappa shape index (κ1) is 15.9. The average molecular weight is 302 g/mol. The Hall–Kier alpha value is -2.52. The number of ether oxygens (including phenoxy) is 3. The molecule has 1 aromatic carbocycles. The number of carbonyl (C=O) groups excluding carboxylic acids is 1. The topological polar surface area (TPSA) is 71.8 Å². The molecule has 6 nitrogen and oxygen atoms in total. The Morgan fingerprint density at radius 3 is 2.55 bits per heavy atom. The van der Waals surface area contributed by atoms with E-state index >= 15 is 0 Å². The molecule has 0 aliphatic carbocycles. The second kappa shape index (κ2) is 7.48. The number of rotatable bonds is 4. The summed E-state index contributed by atoms with van der Waals surface area (Å²) in [6, 6.07) is 7.20. The van der Waals surface area contributed by atoms with Gasteiger partial charge in [0, 0.05) is 13.1 Å². The van der Waals surface area contributed by atoms with Gasteiger partial charge in [0.25, 0.3) is 5.91 Å². The van der Waals surface area contributed by atoms with Crippen LogP contribution >= 0.6 is 0 Å². The molecule has 0 N–H and O–H groups in total. The van der Waals surface area contributed by atoms with Crippen LogP contribution in [-0.4, -0.2) is 51.3 Å². The Bertz CT molecular complexity index is 613. The maximum absolute atomic E-state index is 12.3. The molecule has 1 fully saturated rings. The van der Waals surface area contributed by atoms with Crippen molar-refractivity contribution >= 4 is 12.0 Å². The van der Waals surface area contributed by atoms with Crippen LogP contribution in [-0.2, 0) is 9.53 Å². The third kappa shape index (κ3) is 3.57. The van der Waals surface area contributed by atoms with Gasteiger partial charge in [-0.25, -0.2) is 0 Å². The maximum Gasteiger partial charge on any atom is 0.264 e. The molecule has 0 aromatic heterocycles. The highest BCUT2D eigenvalue weighted by molar-refractivity contribution is 6.01. The minimum Gasteiger partial charge on any atom is -0.493 e. The van der Waals surface area contributed by atoms with Crippen LogP contribution in [0.25, 0.3) is 6.08 Å². The van der Waals surface area contributed by atoms with Crippen molar-refractivity contribution in [2.24, 2.45) is 0 Å². The highest BCUT2D eigenvalue weighted by Gasteiger charge is 2.20. The fourth-order valence-electron chi connectivity index (χ4n) is 2.19. The van der Waals surface area contributed by atoms with E-state index in [4.69, 9.17) is 14.2 Å². The van der Waals surface area contributed by atoms with Gasteiger partial charge >= 0.3 is 0 Å². The molecule has 2 rings (SSSR count). The van der Waals surface area contributed by atoms with Crippen LogP contribution < -0.4 is 9.47 Å². The minimum atomic E-state index is -0.277. The zero-order valence-corrected chi connectivity index (χ0v) is 12.7. The Balaban J connectivity index is 2.24. The van der Waals surface area contributed by atoms with E-state index < -0.39 is 0 Å². The number of methoxy groups -OCH3 is 2. The summed E-state index contributed by atoms with van der Waals surface area (Å²) in [6.07, 6.45) is 1.56. The van der Waals surface area contributed by atoms with Gasteiger partial charge in [-0.15, -0.1) is 0 Å². The highest BCUT2D eigenvalue weighted by atomic mass is 16.5. The number of nitriles is 1. The number of hydrogen-bond donors (Lipinski definition) is 0. The van der Waals surface area contributed by atoms with E-state index in [-0.39, 0.29) is 11.5 Å². The fraction of sp³-hybridized carbons (Fsp3) is 0.375. The Kier molecular flexibility index (Phi) is 5.39. The van der Waals surface area contributed by atoms with Crippen molar-refractivity contribution in [3.63, 3.8) is 0 Å². The van der Waals surface area contributed by atoms with Crippen molar-refractivity contribution in [3.8, 4) is 17.6 Å². The number of carbonyl (C=O) groups is 1. The Labute approximate surface area is 129 Å². The van der Waals surface area contributed by atoms with Crippen LogP contribution in [0, 0.1) is 11.3 Å². The summed E-state index contributed by atoms with van der Waals surface area (Å²) in [4.78, 5) is 14.0. The number of morpholine rings is 1. The monoisotopic (exact) mass is 302 g/mol. The van der Waals surface area contributed by atoms with Crippen LogP contribution in [0.2, 0.25) is 0 Å². The third-order valence-corrected chi connectivity index (χ3v) is 3.37. The Morgan fingerprint density at radius 2 is 1.95 bits per heavy atom. The molecule has 1 heterocycles. The van der Waals surface area contributed by atoms with Gasteiger partial charge < -0.3 is 19.1 Å². The molecular formula is C16H18N2O4. The zero-order chi connectivity index (χ0) is 15.9. The van der Waals surface area contributed by atoms with Crippen LogP contribution in [0.3, 0.4) is 0 Å². The van der Waals surface area contributed by atoms with Gasteiger partial charge in [-0.2, -0.15) is 5.26 Å². The second-order valence-corrected chi connectivity index (χ2v) is 4.69. The minimum absolute atomic E-state index is 0.0918. The quantitative estimate of drug-likeness (QED) is 0.622. The molecule has 0 bridgehead atoms. The van der Waals surface area contributed by atoms with E-state index in [1.165, 1.54) is 7.11 Å². The van der Waals surface area contributed by atoms with Crippen molar-refractivity contribution in [2.75, 3.05) is 40.5 Å². The van der Waals surface area contributed by atoms with Crippen LogP contribution in [0.5, 0.6) is 11.5 Å². The second-order valence-electron chi connectivity index (χ2n) is 4.69. The predicted octanol–water partition coefficient (Wildman–Crippen LogP) is 1.47. The lowest BCUT2D eigenvalue weighted by Crippen LogP contribution is -2.41. The molecule has 0 atom stereocenters. The summed E-state index contributed by atoms with van der Waals surface area (Å²) < 4.78 is 15.6. The highest BCUT2D eigenvalue weighted by Crippen LogP contribution is 2.28. The molecule has 1 aliphatic rings. The number of amides is 1. The van der Waals surface area contributed by atoms with Gasteiger partial charge in [0.15, 0.2) is 11.5 Å². The number of hydrogen-bond acceptors (Lipinski definition) is 5. The molecule has 22 heavy (non-hydrogen) atoms. The summed E-state index contributed by atoms with van der Waals surface area (Å²) in [6.45, 7) is 2.01. The largest absolute Gasteiger partial charge is 0.493 e. The van der Waals surface area contributed by atoms with E-state index in [9.17, 15) is 10.1 Å². The van der Waals surface area contributed by atoms with Gasteiger partial charge in [-0.05, 0) is 23.8 Å². The van der Waals surface area contributed by atoms with Gasteiger partial charge in [0.05, 0.1) is 27.4 Å². The summed E-state index contributed by atoms with van der Waals surface area (Å²) in [7, 11) is 3.09. The third-order valence-electron chi connectivity index (χ3n) is 3.37. The molecule has 1 aromatic rings. The van der Waals surface area contributed by atoms with Gasteiger partial charge in [0.1, 0.15) is 11.6 Å². The van der Waals surface area contributed by atoms with Crippen molar-refractivity contribution < 1.29 is 19.0 Å². The van der Waals surface area contributed by atoms with E-state index in [1.54, 1.807) is 36.3 Å². The number of nitrogens with zero attached hydrogens (tertiary/aromatic N) is 2. The first-order valence-electron chi connectivity index (χ1n) is 6.90. The zero-order valence-electron chi connectivity index (χ0n) is 12.7. The summed E-state index contributed by atoms with van der Waals surface area (Å²) in [5, 5.41) is 9.26. The summed E-state index contributed by atoms with van der Waals surface area (Å²) in [5.74, 6) is 0.866. The SMILES string of the molecule is COc1ccc(C=C(C#N)C(=O)N2CCOCC2)cc1OC. The molecular weight excluding hydrogens is 284 g/mol. The normalized spacial score (nSPS) is 15.1. The van der Waals surface area contributed by atoms with E-state index in [2.05, 4.69) is 0 Å². The van der Waals surface area contributed by atoms with Gasteiger partial charge in [-0.1, -0.05) is 6.07 Å². The average Bonchev–Trinajstić information content (AvgIpc) is 2.59. The molecule has 0 radical (unpaired) electrons. The molecule has 6 heteroatoms. The van der Waals surface area contributed by atoms with E-state index in [1.807, 2.05) is 6.07 Å². The lowest BCUT2D eigenvalue weighted by Gasteiger charge is -2.26. The van der Waals surface area contributed by atoms with Gasteiger partial charge in [-0.3, -0.25) is 4.79 Å². The first-order valence-corrected chi connectivity index (χ1v) is 6.90. The summed E-state index contributed by atoms with van der Waals surface area (Å²) in [5.41, 5.74) is 0.796. The van der Waals surface area contributed by atoms with Crippen molar-refractivity contribution in [3.05, 3.63) is 29.3 Å². The molecule has 1 amide bonds. The Morgan fingerprint density at radius 1 is 1.27 bits per heavy atom. The molecule has 0 spiro atoms. The standard InChI is InChI=1S/C16H18N2O4/c1-20-14-4-3-12(10-15(14)21-2)9-13(11-17)16(19)18-5-7-22-8-6-18/h3-4,9-10H,5-8H2,1-2H3. The fourth-order valence-corrected chi connectivity index (χ4v) is 2.19. The summed E-state index contributed by atoms with van der Waals surface area (Å²) >= 11 is 0. The van der Waals surface area contributed by atoms with Crippen LogP contribution in [0.4, 0.5) is 0 Å². The molecule has 116 valence electrons. The van der Waals surface area contributed by atoms with Crippen molar-refractivity contribution in [2.45, 2.75) is 0 Å².